The highest BCUT2D eigenvalue weighted by Crippen LogP contribution is 2.34. The summed E-state index contributed by atoms with van der Waals surface area (Å²) in [5, 5.41) is 8.67. The molecule has 2 amide bonds. The van der Waals surface area contributed by atoms with Crippen molar-refractivity contribution in [2.45, 2.75) is 13.5 Å². The fourth-order valence-corrected chi connectivity index (χ4v) is 3.80. The van der Waals surface area contributed by atoms with Gasteiger partial charge in [0.1, 0.15) is 6.61 Å². The summed E-state index contributed by atoms with van der Waals surface area (Å²) in [6.07, 6.45) is 1.65. The van der Waals surface area contributed by atoms with Gasteiger partial charge >= 0.3 is 5.97 Å². The summed E-state index contributed by atoms with van der Waals surface area (Å²) in [4.78, 5) is 37.0. The average Bonchev–Trinajstić information content (AvgIpc) is 3.04. The van der Waals surface area contributed by atoms with E-state index in [0.717, 1.165) is 22.2 Å². The molecule has 0 radical (unpaired) electrons. The van der Waals surface area contributed by atoms with Crippen LogP contribution in [0.2, 0.25) is 0 Å². The fraction of sp³-hybridized carbons (Fsp3) is 0.261. The maximum atomic E-state index is 12.5. The number of carboxylic acid groups (broad SMARTS) is 1. The van der Waals surface area contributed by atoms with Crippen LogP contribution in [-0.4, -0.2) is 54.0 Å². The second-order valence-corrected chi connectivity index (χ2v) is 7.75. The summed E-state index contributed by atoms with van der Waals surface area (Å²) >= 11 is 0.890. The number of hydrogen-bond donors (Lipinski definition) is 1. The van der Waals surface area contributed by atoms with Crippen molar-refractivity contribution < 1.29 is 33.7 Å². The van der Waals surface area contributed by atoms with Crippen molar-refractivity contribution >= 4 is 35.0 Å². The molecule has 168 valence electrons. The topological polar surface area (TPSA) is 102 Å². The van der Waals surface area contributed by atoms with Gasteiger partial charge in [0.05, 0.1) is 30.2 Å². The average molecular weight is 458 g/mol. The summed E-state index contributed by atoms with van der Waals surface area (Å²) in [6, 6.07) is 11.7. The van der Waals surface area contributed by atoms with Crippen molar-refractivity contribution in [2.75, 3.05) is 26.9 Å². The van der Waals surface area contributed by atoms with E-state index in [-0.39, 0.29) is 36.5 Å². The molecule has 0 unspecified atom stereocenters. The molecule has 9 heteroatoms. The minimum absolute atomic E-state index is 0.208. The third kappa shape index (κ3) is 5.68. The molecule has 0 spiro atoms. The molecular weight excluding hydrogens is 434 g/mol. The molecule has 1 N–H and O–H groups in total. The first kappa shape index (κ1) is 23.4. The smallest absolute Gasteiger partial charge is 0.335 e. The first-order chi connectivity index (χ1) is 15.4. The zero-order valence-electron chi connectivity index (χ0n) is 17.7. The number of benzene rings is 2. The van der Waals surface area contributed by atoms with Crippen LogP contribution in [0.3, 0.4) is 0 Å². The Morgan fingerprint density at radius 2 is 1.84 bits per heavy atom. The summed E-state index contributed by atoms with van der Waals surface area (Å²) in [7, 11) is 1.51. The molecule has 0 atom stereocenters. The summed E-state index contributed by atoms with van der Waals surface area (Å²) in [6.45, 7) is 2.99. The van der Waals surface area contributed by atoms with E-state index < -0.39 is 5.97 Å². The van der Waals surface area contributed by atoms with Crippen LogP contribution in [-0.2, 0) is 16.1 Å². The van der Waals surface area contributed by atoms with E-state index in [9.17, 15) is 14.4 Å². The van der Waals surface area contributed by atoms with E-state index >= 15 is 0 Å². The minimum atomic E-state index is -0.983. The lowest BCUT2D eigenvalue weighted by Gasteiger charge is -2.13. The quantitative estimate of drug-likeness (QED) is 0.533. The van der Waals surface area contributed by atoms with Crippen molar-refractivity contribution in [1.29, 1.82) is 0 Å². The number of amides is 2. The van der Waals surface area contributed by atoms with Crippen LogP contribution < -0.4 is 9.47 Å². The van der Waals surface area contributed by atoms with Gasteiger partial charge in [0.15, 0.2) is 11.5 Å². The number of nitrogens with zero attached hydrogens (tertiary/aromatic N) is 1. The number of thioether (sulfide) groups is 1. The number of aromatic carboxylic acids is 1. The highest BCUT2D eigenvalue weighted by Gasteiger charge is 2.34. The maximum Gasteiger partial charge on any atom is 0.335 e. The number of ether oxygens (including phenoxy) is 3. The van der Waals surface area contributed by atoms with Crippen molar-refractivity contribution in [3.05, 3.63) is 64.1 Å². The maximum absolute atomic E-state index is 12.5. The third-order valence-corrected chi connectivity index (χ3v) is 5.46. The van der Waals surface area contributed by atoms with Gasteiger partial charge < -0.3 is 19.3 Å². The van der Waals surface area contributed by atoms with Gasteiger partial charge in [0.2, 0.25) is 0 Å². The zero-order valence-corrected chi connectivity index (χ0v) is 18.5. The van der Waals surface area contributed by atoms with E-state index in [1.807, 2.05) is 6.92 Å². The van der Waals surface area contributed by atoms with Gasteiger partial charge in [0, 0.05) is 7.11 Å². The van der Waals surface area contributed by atoms with Crippen molar-refractivity contribution in [3.8, 4) is 11.5 Å². The molecule has 0 aliphatic carbocycles. The lowest BCUT2D eigenvalue weighted by Crippen LogP contribution is -2.31. The molecule has 0 saturated carbocycles. The van der Waals surface area contributed by atoms with E-state index in [4.69, 9.17) is 19.3 Å². The van der Waals surface area contributed by atoms with Gasteiger partial charge in [-0.25, -0.2) is 4.79 Å². The Labute approximate surface area is 189 Å². The van der Waals surface area contributed by atoms with Crippen LogP contribution >= 0.6 is 11.8 Å². The Hall–Kier alpha value is -3.30. The standard InChI is InChI=1S/C23H23NO7S/c1-3-30-19-12-16(13-20-21(25)24(10-11-29-2)23(28)32-20)6-9-18(19)31-14-15-4-7-17(8-5-15)22(26)27/h4-9,12-13H,3,10-11,14H2,1-2H3,(H,26,27)/b20-13+. The van der Waals surface area contributed by atoms with E-state index in [1.165, 1.54) is 19.2 Å². The molecule has 32 heavy (non-hydrogen) atoms. The molecular formula is C23H23NO7S. The molecule has 8 nitrogen and oxygen atoms in total. The SMILES string of the molecule is CCOc1cc(/C=C2/SC(=O)N(CCOC)C2=O)ccc1OCc1ccc(C(=O)O)cc1. The largest absolute Gasteiger partial charge is 0.490 e. The second-order valence-electron chi connectivity index (χ2n) is 6.76. The molecule has 2 aromatic carbocycles. The molecule has 3 rings (SSSR count). The molecule has 1 saturated heterocycles. The van der Waals surface area contributed by atoms with Crippen molar-refractivity contribution in [3.63, 3.8) is 0 Å². The van der Waals surface area contributed by atoms with Crippen molar-refractivity contribution in [1.82, 2.24) is 4.90 Å². The molecule has 0 bridgehead atoms. The molecule has 0 aromatic heterocycles. The molecule has 1 heterocycles. The van der Waals surface area contributed by atoms with Gasteiger partial charge in [-0.3, -0.25) is 14.5 Å². The van der Waals surface area contributed by atoms with Crippen molar-refractivity contribution in [2.24, 2.45) is 0 Å². The fourth-order valence-electron chi connectivity index (χ4n) is 2.93. The first-order valence-corrected chi connectivity index (χ1v) is 10.7. The Morgan fingerprint density at radius 1 is 1.09 bits per heavy atom. The first-order valence-electron chi connectivity index (χ1n) is 9.89. The number of hydrogen-bond acceptors (Lipinski definition) is 7. The molecule has 2 aromatic rings. The predicted molar refractivity (Wildman–Crippen MR) is 120 cm³/mol. The van der Waals surface area contributed by atoms with E-state index in [1.54, 1.807) is 36.4 Å². The van der Waals surface area contributed by atoms with Gasteiger partial charge in [0.25, 0.3) is 11.1 Å². The Morgan fingerprint density at radius 3 is 2.50 bits per heavy atom. The number of methoxy groups -OCH3 is 1. The Balaban J connectivity index is 1.74. The number of imide groups is 1. The van der Waals surface area contributed by atoms with Crippen LogP contribution in [0.1, 0.15) is 28.4 Å². The third-order valence-electron chi connectivity index (χ3n) is 4.55. The number of carboxylic acids is 1. The van der Waals surface area contributed by atoms with Gasteiger partial charge in [-0.05, 0) is 60.2 Å². The number of rotatable bonds is 10. The summed E-state index contributed by atoms with van der Waals surface area (Å²) < 4.78 is 16.5. The minimum Gasteiger partial charge on any atom is -0.490 e. The Bertz CT molecular complexity index is 1030. The summed E-state index contributed by atoms with van der Waals surface area (Å²) in [5.41, 5.74) is 1.72. The molecule has 1 aliphatic rings. The highest BCUT2D eigenvalue weighted by molar-refractivity contribution is 8.18. The van der Waals surface area contributed by atoms with Gasteiger partial charge in [-0.15, -0.1) is 0 Å². The van der Waals surface area contributed by atoms with Gasteiger partial charge in [-0.2, -0.15) is 0 Å². The monoisotopic (exact) mass is 457 g/mol. The number of carbonyl (C=O) groups is 3. The van der Waals surface area contributed by atoms with Crippen LogP contribution in [0, 0.1) is 0 Å². The predicted octanol–water partition coefficient (Wildman–Crippen LogP) is 4.05. The van der Waals surface area contributed by atoms with Crippen LogP contribution in [0.5, 0.6) is 11.5 Å². The number of carbonyl (C=O) groups excluding carboxylic acids is 2. The second kappa shape index (κ2) is 10.8. The van der Waals surface area contributed by atoms with E-state index in [2.05, 4.69) is 0 Å². The summed E-state index contributed by atoms with van der Waals surface area (Å²) in [5.74, 6) is -0.315. The van der Waals surface area contributed by atoms with Crippen LogP contribution in [0.25, 0.3) is 6.08 Å². The van der Waals surface area contributed by atoms with Crippen LogP contribution in [0.4, 0.5) is 4.79 Å². The normalized spacial score (nSPS) is 14.8. The van der Waals surface area contributed by atoms with E-state index in [0.29, 0.717) is 28.6 Å². The molecule has 1 aliphatic heterocycles. The lowest BCUT2D eigenvalue weighted by molar-refractivity contribution is -0.123. The lowest BCUT2D eigenvalue weighted by atomic mass is 10.1. The Kier molecular flexibility index (Phi) is 7.91. The zero-order chi connectivity index (χ0) is 23.1. The molecule has 1 fully saturated rings. The van der Waals surface area contributed by atoms with Crippen LogP contribution in [0.15, 0.2) is 47.4 Å². The van der Waals surface area contributed by atoms with Gasteiger partial charge in [-0.1, -0.05) is 18.2 Å². The highest BCUT2D eigenvalue weighted by atomic mass is 32.2.